The molecular formula is C80H123N17O20. The SMILES string of the molecule is CC(=O)NC(Cc1ccccc1)C(=O)NC(C)(C)C(=O)NC(C)(C)C(=O)NC(C)(C)C(=O)NC(=O)C1CCCN1C(C)(C)C(=O)NCC(=O)NC(CC(C)C)C(=O)NC(C)(C)C(=O)NC(C)(C)C(=O)N1CC(O)CC1C(=O)NC(CCC(N)=O)C(=O)NC(C)(C)C(=O)N1CC(O)CC1C(=O)NC(C)(C)C(=O)NC(CO)Cc1ccccc1. The van der Waals surface area contributed by atoms with Crippen LogP contribution in [0.2, 0.25) is 0 Å². The summed E-state index contributed by atoms with van der Waals surface area (Å²) in [4.78, 5) is 238. The quantitative estimate of drug-likeness (QED) is 0.0317. The molecule has 0 bridgehead atoms. The zero-order valence-electron chi connectivity index (χ0n) is 70.6. The maximum Gasteiger partial charge on any atom is 0.251 e. The predicted octanol–water partition coefficient (Wildman–Crippen LogP) is -3.08. The lowest BCUT2D eigenvalue weighted by atomic mass is 9.95. The number of aliphatic hydroxyl groups is 3. The molecule has 117 heavy (non-hydrogen) atoms. The van der Waals surface area contributed by atoms with Crippen molar-refractivity contribution in [3.63, 3.8) is 0 Å². The third-order valence-electron chi connectivity index (χ3n) is 20.6. The molecule has 3 fully saturated rings. The van der Waals surface area contributed by atoms with E-state index >= 15 is 0 Å². The van der Waals surface area contributed by atoms with Crippen molar-refractivity contribution in [2.75, 3.05) is 32.8 Å². The first-order valence-electron chi connectivity index (χ1n) is 39.2. The van der Waals surface area contributed by atoms with Crippen LogP contribution in [0.4, 0.5) is 0 Å². The van der Waals surface area contributed by atoms with Gasteiger partial charge in [-0.15, -0.1) is 0 Å². The van der Waals surface area contributed by atoms with E-state index in [0.29, 0.717) is 6.42 Å². The second-order valence-corrected chi connectivity index (χ2v) is 35.1. The number of carbonyl (C=O) groups excluding carboxylic acids is 17. The van der Waals surface area contributed by atoms with Crippen LogP contribution < -0.4 is 74.9 Å². The number of rotatable bonds is 38. The Labute approximate surface area is 682 Å². The van der Waals surface area contributed by atoms with Crippen molar-refractivity contribution in [1.29, 1.82) is 0 Å². The molecule has 0 aromatic heterocycles. The first-order valence-corrected chi connectivity index (χ1v) is 39.2. The number of likely N-dealkylation sites (tertiary alicyclic amines) is 3. The summed E-state index contributed by atoms with van der Waals surface area (Å²) in [5, 5.41) is 65.4. The van der Waals surface area contributed by atoms with Gasteiger partial charge in [0.25, 0.3) is 5.91 Å². The van der Waals surface area contributed by atoms with Gasteiger partial charge in [0, 0.05) is 52.2 Å². The molecule has 0 radical (unpaired) electrons. The number of hydrogen-bond acceptors (Lipinski definition) is 21. The van der Waals surface area contributed by atoms with Crippen molar-refractivity contribution in [3.05, 3.63) is 71.8 Å². The van der Waals surface area contributed by atoms with Gasteiger partial charge in [0.15, 0.2) is 0 Å². The van der Waals surface area contributed by atoms with Crippen LogP contribution in [0.15, 0.2) is 60.7 Å². The monoisotopic (exact) mass is 1640 g/mol. The van der Waals surface area contributed by atoms with Gasteiger partial charge in [-0.1, -0.05) is 74.5 Å². The van der Waals surface area contributed by atoms with Crippen molar-refractivity contribution in [3.8, 4) is 0 Å². The van der Waals surface area contributed by atoms with Crippen molar-refractivity contribution in [2.24, 2.45) is 11.7 Å². The van der Waals surface area contributed by atoms with E-state index in [0.717, 1.165) is 20.9 Å². The second-order valence-electron chi connectivity index (χ2n) is 35.1. The number of carbonyl (C=O) groups is 17. The summed E-state index contributed by atoms with van der Waals surface area (Å²) in [7, 11) is 0. The maximum absolute atomic E-state index is 14.6. The fourth-order valence-electron chi connectivity index (χ4n) is 13.6. The summed E-state index contributed by atoms with van der Waals surface area (Å²) in [6.45, 7) is 24.9. The number of hydrogen-bond donors (Lipinski definition) is 17. The van der Waals surface area contributed by atoms with E-state index in [1.807, 2.05) is 18.2 Å². The fraction of sp³-hybridized carbons (Fsp3) is 0.637. The minimum atomic E-state index is -1.90. The smallest absolute Gasteiger partial charge is 0.251 e. The molecule has 9 unspecified atom stereocenters. The minimum absolute atomic E-state index is 0.0226. The van der Waals surface area contributed by atoms with Gasteiger partial charge >= 0.3 is 0 Å². The number of nitrogens with zero attached hydrogens (tertiary/aromatic N) is 3. The summed E-state index contributed by atoms with van der Waals surface area (Å²) < 4.78 is 0. The summed E-state index contributed by atoms with van der Waals surface area (Å²) in [6, 6.07) is 9.34. The van der Waals surface area contributed by atoms with Gasteiger partial charge in [0.05, 0.1) is 43.0 Å². The van der Waals surface area contributed by atoms with E-state index in [1.54, 1.807) is 61.2 Å². The van der Waals surface area contributed by atoms with Crippen LogP contribution in [0.3, 0.4) is 0 Å². The Balaban J connectivity index is 1.16. The first kappa shape index (κ1) is 97.1. The normalized spacial score (nSPS) is 18.6. The van der Waals surface area contributed by atoms with Crippen LogP contribution >= 0.6 is 0 Å². The summed E-state index contributed by atoms with van der Waals surface area (Å²) in [5.41, 5.74) is -6.81. The molecule has 3 saturated heterocycles. The number of imide groups is 1. The third kappa shape index (κ3) is 27.0. The summed E-state index contributed by atoms with van der Waals surface area (Å²) in [6.07, 6.45) is -3.03. The average molecular weight is 1640 g/mol. The summed E-state index contributed by atoms with van der Waals surface area (Å²) >= 11 is 0. The van der Waals surface area contributed by atoms with Crippen LogP contribution in [-0.2, 0) is 94.3 Å². The van der Waals surface area contributed by atoms with Gasteiger partial charge in [0.2, 0.25) is 94.5 Å². The van der Waals surface area contributed by atoms with Crippen LogP contribution in [0.1, 0.15) is 188 Å². The molecule has 5 rings (SSSR count). The molecule has 3 aliphatic rings. The lowest BCUT2D eigenvalue weighted by molar-refractivity contribution is -0.147. The zero-order chi connectivity index (χ0) is 88.6. The number of benzene rings is 2. The first-order chi connectivity index (χ1) is 53.9. The van der Waals surface area contributed by atoms with Crippen molar-refractivity contribution < 1.29 is 96.8 Å². The van der Waals surface area contributed by atoms with Crippen molar-refractivity contribution >= 4 is 100 Å². The number of nitrogens with one attached hydrogen (secondary N) is 13. The number of amides is 17. The maximum atomic E-state index is 14.6. The molecule has 18 N–H and O–H groups in total. The molecule has 2 aromatic carbocycles. The molecule has 37 heteroatoms. The molecule has 3 aliphatic heterocycles. The van der Waals surface area contributed by atoms with Gasteiger partial charge in [0.1, 0.15) is 69.0 Å². The summed E-state index contributed by atoms with van der Waals surface area (Å²) in [5.74, 6) is -14.2. The Morgan fingerprint density at radius 1 is 0.470 bits per heavy atom. The molecule has 0 saturated carbocycles. The minimum Gasteiger partial charge on any atom is -0.394 e. The standard InChI is InChI=1S/C80H123N17O20/c1-44(2)35-52(85-58(103)40-82-70(115)80(18,19)97-34-26-31-54(97)62(107)87-66(111)74(6,7)92-69(114)77(12,13)93-67(112)75(8,9)89-61(106)53(83-45(3)99)37-47-29-24-21-25-30-47)60(105)88-76(10,11)68(113)94-79(16,17)72(117)95-41-49(100)38-55(95)63(108)86-51(32-33-57(81)102)59(104)90-78(14,15)71(116)96-42-50(101)39-56(96)64(109)91-73(4,5)65(110)84-48(43-98)36-46-27-22-20-23-28-46/h20-25,27-30,44,48-56,98,100-101H,26,31-43H2,1-19H3,(H2,81,102)(H,82,115)(H,83,99)(H,84,110)(H,85,103)(H,86,108)(H,88,105)(H,89,106)(H,90,104)(H,91,109)(H,92,114)(H,93,112)(H,94,113)(H,87,107,111). The molecule has 0 aliphatic carbocycles. The lowest BCUT2D eigenvalue weighted by Gasteiger charge is -2.38. The molecule has 2 aromatic rings. The Kier molecular flexibility index (Phi) is 32.9. The van der Waals surface area contributed by atoms with E-state index in [4.69, 9.17) is 5.73 Å². The Morgan fingerprint density at radius 3 is 1.38 bits per heavy atom. The predicted molar refractivity (Wildman–Crippen MR) is 426 cm³/mol. The topological polar surface area (TPSA) is 543 Å². The Bertz CT molecular complexity index is 4030. The molecule has 37 nitrogen and oxygen atoms in total. The van der Waals surface area contributed by atoms with E-state index in [-0.39, 0.29) is 57.5 Å². The van der Waals surface area contributed by atoms with Gasteiger partial charge < -0.3 is 94.7 Å². The Hall–Kier alpha value is -10.5. The van der Waals surface area contributed by atoms with Crippen LogP contribution in [-0.4, -0.2) is 262 Å². The van der Waals surface area contributed by atoms with Crippen molar-refractivity contribution in [1.82, 2.24) is 83.8 Å². The zero-order valence-corrected chi connectivity index (χ0v) is 70.6. The van der Waals surface area contributed by atoms with Gasteiger partial charge in [-0.05, 0) is 160 Å². The highest BCUT2D eigenvalue weighted by Crippen LogP contribution is 2.30. The van der Waals surface area contributed by atoms with Crippen LogP contribution in [0.5, 0.6) is 0 Å². The average Bonchev–Trinajstić information content (AvgIpc) is 1.70. The molecule has 0 spiro atoms. The van der Waals surface area contributed by atoms with Crippen LogP contribution in [0.25, 0.3) is 0 Å². The van der Waals surface area contributed by atoms with E-state index in [2.05, 4.69) is 69.1 Å². The molecule has 17 amide bonds. The van der Waals surface area contributed by atoms with Gasteiger partial charge in [-0.25, -0.2) is 0 Å². The molecular weight excluding hydrogens is 1520 g/mol. The highest BCUT2D eigenvalue weighted by atomic mass is 16.3. The fourth-order valence-corrected chi connectivity index (χ4v) is 13.6. The number of primary amides is 1. The molecule has 648 valence electrons. The molecule has 3 heterocycles. The highest BCUT2D eigenvalue weighted by molar-refractivity contribution is 6.06. The number of β-amino-alcohol motifs (C(OH)–C–C–N with tert-alkyl or cyclic N) is 2. The second kappa shape index (κ2) is 39.6. The lowest BCUT2D eigenvalue weighted by Crippen LogP contribution is -2.67. The van der Waals surface area contributed by atoms with Crippen LogP contribution in [0, 0.1) is 5.92 Å². The number of aliphatic hydroxyl groups excluding tert-OH is 3. The van der Waals surface area contributed by atoms with E-state index in [1.165, 1.54) is 118 Å². The van der Waals surface area contributed by atoms with Gasteiger partial charge in [-0.2, -0.15) is 0 Å². The van der Waals surface area contributed by atoms with E-state index in [9.17, 15) is 96.8 Å². The Morgan fingerprint density at radius 2 is 0.897 bits per heavy atom. The largest absolute Gasteiger partial charge is 0.394 e. The highest BCUT2D eigenvalue weighted by Gasteiger charge is 2.51. The third-order valence-corrected chi connectivity index (χ3v) is 20.6. The molecule has 9 atom stereocenters. The van der Waals surface area contributed by atoms with E-state index < -0.39 is 232 Å². The number of nitrogens with two attached hydrogens (primary N) is 1. The van der Waals surface area contributed by atoms with Crippen molar-refractivity contribution in [2.45, 2.75) is 288 Å². The van der Waals surface area contributed by atoms with Gasteiger partial charge in [-0.3, -0.25) is 91.7 Å².